The van der Waals surface area contributed by atoms with E-state index in [2.05, 4.69) is 56.3 Å². The Kier molecular flexibility index (Phi) is 5.46. The van der Waals surface area contributed by atoms with Crippen molar-refractivity contribution in [3.05, 3.63) is 48.0 Å². The lowest BCUT2D eigenvalue weighted by molar-refractivity contribution is 0.830. The maximum atomic E-state index is 2.26. The van der Waals surface area contributed by atoms with Gasteiger partial charge < -0.3 is 0 Å². The number of hydrogen-bond acceptors (Lipinski definition) is 1. The van der Waals surface area contributed by atoms with Crippen LogP contribution in [-0.4, -0.2) is 5.75 Å². The summed E-state index contributed by atoms with van der Waals surface area (Å²) >= 11 is 1.96. The van der Waals surface area contributed by atoms with Crippen LogP contribution in [0.15, 0.2) is 42.5 Å². The van der Waals surface area contributed by atoms with Gasteiger partial charge in [-0.3, -0.25) is 0 Å². The topological polar surface area (TPSA) is 0 Å². The average Bonchev–Trinajstić information content (AvgIpc) is 2.18. The molecule has 0 spiro atoms. The fourth-order valence-electron chi connectivity index (χ4n) is 1.15. The van der Waals surface area contributed by atoms with E-state index in [1.165, 1.54) is 5.56 Å². The molecule has 0 atom stereocenters. The maximum absolute atomic E-state index is 2.26. The fraction of sp³-hybridized carbons (Fsp3) is 0.385. The Labute approximate surface area is 91.4 Å². The summed E-state index contributed by atoms with van der Waals surface area (Å²) in [6, 6.07) is 10.6. The predicted octanol–water partition coefficient (Wildman–Crippen LogP) is 4.13. The summed E-state index contributed by atoms with van der Waals surface area (Å²) in [5, 5.41) is 0. The summed E-state index contributed by atoms with van der Waals surface area (Å²) in [5.74, 6) is 2.91. The highest BCUT2D eigenvalue weighted by Gasteiger charge is 1.90. The van der Waals surface area contributed by atoms with Crippen LogP contribution in [0.5, 0.6) is 0 Å². The molecule has 0 unspecified atom stereocenters. The second kappa shape index (κ2) is 6.72. The summed E-state index contributed by atoms with van der Waals surface area (Å²) < 4.78 is 0. The molecule has 1 aromatic carbocycles. The second-order valence-electron chi connectivity index (χ2n) is 3.67. The molecule has 1 aromatic rings. The zero-order valence-electron chi connectivity index (χ0n) is 8.94. The smallest absolute Gasteiger partial charge is 0.0187 e. The monoisotopic (exact) mass is 206 g/mol. The zero-order chi connectivity index (χ0) is 10.2. The van der Waals surface area contributed by atoms with Crippen LogP contribution in [-0.2, 0) is 5.75 Å². The molecule has 0 amide bonds. The first kappa shape index (κ1) is 11.4. The lowest BCUT2D eigenvalue weighted by atomic mass is 10.2. The lowest BCUT2D eigenvalue weighted by Gasteiger charge is -1.98. The number of hydrogen-bond donors (Lipinski definition) is 0. The van der Waals surface area contributed by atoms with Crippen LogP contribution in [0, 0.1) is 5.92 Å². The Morgan fingerprint density at radius 2 is 1.93 bits per heavy atom. The third-order valence-electron chi connectivity index (χ3n) is 1.85. The van der Waals surface area contributed by atoms with E-state index in [9.17, 15) is 0 Å². The molecule has 0 aliphatic carbocycles. The van der Waals surface area contributed by atoms with Crippen LogP contribution in [0.1, 0.15) is 19.4 Å². The van der Waals surface area contributed by atoms with Crippen LogP contribution in [0.3, 0.4) is 0 Å². The Hall–Kier alpha value is -0.690. The van der Waals surface area contributed by atoms with E-state index < -0.39 is 0 Å². The van der Waals surface area contributed by atoms with Crippen LogP contribution in [0.4, 0.5) is 0 Å². The highest BCUT2D eigenvalue weighted by atomic mass is 32.2. The van der Waals surface area contributed by atoms with Crippen molar-refractivity contribution in [1.29, 1.82) is 0 Å². The molecule has 0 radical (unpaired) electrons. The minimum atomic E-state index is 0.673. The van der Waals surface area contributed by atoms with Crippen molar-refractivity contribution in [1.82, 2.24) is 0 Å². The Balaban J connectivity index is 2.16. The molecular formula is C13H18S. The third-order valence-corrected chi connectivity index (χ3v) is 2.81. The molecule has 0 heterocycles. The van der Waals surface area contributed by atoms with Gasteiger partial charge in [-0.05, 0) is 11.5 Å². The van der Waals surface area contributed by atoms with E-state index in [4.69, 9.17) is 0 Å². The molecule has 0 nitrogen and oxygen atoms in total. The van der Waals surface area contributed by atoms with Crippen LogP contribution < -0.4 is 0 Å². The van der Waals surface area contributed by atoms with Crippen molar-refractivity contribution in [2.24, 2.45) is 5.92 Å². The third kappa shape index (κ3) is 5.13. The average molecular weight is 206 g/mol. The first-order valence-corrected chi connectivity index (χ1v) is 6.23. The lowest BCUT2D eigenvalue weighted by Crippen LogP contribution is -1.81. The maximum Gasteiger partial charge on any atom is 0.0187 e. The Morgan fingerprint density at radius 3 is 2.57 bits per heavy atom. The second-order valence-corrected chi connectivity index (χ2v) is 4.70. The Bertz CT molecular complexity index is 262. The first-order chi connectivity index (χ1) is 6.79. The van der Waals surface area contributed by atoms with Gasteiger partial charge in [0.05, 0.1) is 0 Å². The van der Waals surface area contributed by atoms with Gasteiger partial charge in [0.1, 0.15) is 0 Å². The van der Waals surface area contributed by atoms with Gasteiger partial charge in [0, 0.05) is 11.5 Å². The van der Waals surface area contributed by atoms with Crippen molar-refractivity contribution in [2.45, 2.75) is 19.6 Å². The molecule has 0 aliphatic heterocycles. The van der Waals surface area contributed by atoms with Gasteiger partial charge in [0.25, 0.3) is 0 Å². The number of benzene rings is 1. The van der Waals surface area contributed by atoms with Gasteiger partial charge in [-0.2, -0.15) is 11.8 Å². The number of thioether (sulfide) groups is 1. The summed E-state index contributed by atoms with van der Waals surface area (Å²) in [4.78, 5) is 0. The molecule has 1 heteroatoms. The van der Waals surface area contributed by atoms with Crippen molar-refractivity contribution in [3.63, 3.8) is 0 Å². The summed E-state index contributed by atoms with van der Waals surface area (Å²) in [5.41, 5.74) is 1.41. The van der Waals surface area contributed by atoms with E-state index in [0.717, 1.165) is 11.5 Å². The van der Waals surface area contributed by atoms with E-state index >= 15 is 0 Å². The number of allylic oxidation sites excluding steroid dienone is 1. The molecule has 76 valence electrons. The van der Waals surface area contributed by atoms with Gasteiger partial charge in [0.2, 0.25) is 0 Å². The molecule has 0 aromatic heterocycles. The van der Waals surface area contributed by atoms with Gasteiger partial charge in [0.15, 0.2) is 0 Å². The molecular weight excluding hydrogens is 188 g/mol. The molecule has 14 heavy (non-hydrogen) atoms. The van der Waals surface area contributed by atoms with E-state index in [-0.39, 0.29) is 0 Å². The normalized spacial score (nSPS) is 11.4. The standard InChI is InChI=1S/C13H18S/c1-12(2)7-6-10-14-11-13-8-4-3-5-9-13/h3-9,12H,10-11H2,1-2H3/b7-6+. The highest BCUT2D eigenvalue weighted by molar-refractivity contribution is 7.98. The SMILES string of the molecule is CC(C)/C=C/CSCc1ccccc1. The van der Waals surface area contributed by atoms with Gasteiger partial charge >= 0.3 is 0 Å². The van der Waals surface area contributed by atoms with Crippen LogP contribution >= 0.6 is 11.8 Å². The molecule has 0 N–H and O–H groups in total. The van der Waals surface area contributed by atoms with E-state index in [1.54, 1.807) is 0 Å². The largest absolute Gasteiger partial charge is 0.153 e. The Morgan fingerprint density at radius 1 is 1.21 bits per heavy atom. The minimum absolute atomic E-state index is 0.673. The van der Waals surface area contributed by atoms with Gasteiger partial charge in [-0.15, -0.1) is 0 Å². The molecule has 0 fully saturated rings. The van der Waals surface area contributed by atoms with Crippen LogP contribution in [0.2, 0.25) is 0 Å². The molecule has 0 aliphatic rings. The van der Waals surface area contributed by atoms with E-state index in [0.29, 0.717) is 5.92 Å². The first-order valence-electron chi connectivity index (χ1n) is 5.07. The molecule has 0 saturated carbocycles. The van der Waals surface area contributed by atoms with Crippen molar-refractivity contribution in [3.8, 4) is 0 Å². The van der Waals surface area contributed by atoms with Crippen molar-refractivity contribution in [2.75, 3.05) is 5.75 Å². The molecule has 1 rings (SSSR count). The van der Waals surface area contributed by atoms with Gasteiger partial charge in [-0.1, -0.05) is 56.3 Å². The van der Waals surface area contributed by atoms with Crippen LogP contribution in [0.25, 0.3) is 0 Å². The van der Waals surface area contributed by atoms with Gasteiger partial charge in [-0.25, -0.2) is 0 Å². The van der Waals surface area contributed by atoms with E-state index in [1.807, 2.05) is 11.8 Å². The minimum Gasteiger partial charge on any atom is -0.153 e. The predicted molar refractivity (Wildman–Crippen MR) is 66.6 cm³/mol. The van der Waals surface area contributed by atoms with Crippen molar-refractivity contribution >= 4 is 11.8 Å². The molecule has 0 saturated heterocycles. The summed E-state index contributed by atoms with van der Waals surface area (Å²) in [7, 11) is 0. The fourth-order valence-corrected chi connectivity index (χ4v) is 1.94. The number of rotatable bonds is 5. The zero-order valence-corrected chi connectivity index (χ0v) is 9.76. The molecule has 0 bridgehead atoms. The highest BCUT2D eigenvalue weighted by Crippen LogP contribution is 2.11. The summed E-state index contributed by atoms with van der Waals surface area (Å²) in [6.45, 7) is 4.41. The summed E-state index contributed by atoms with van der Waals surface area (Å²) in [6.07, 6.45) is 4.52. The quantitative estimate of drug-likeness (QED) is 0.515. The van der Waals surface area contributed by atoms with Crippen molar-refractivity contribution < 1.29 is 0 Å².